The number of benzene rings is 1. The molecule has 0 saturated heterocycles. The normalized spacial score (nSPS) is 12.6. The van der Waals surface area contributed by atoms with Gasteiger partial charge in [-0.1, -0.05) is 15.9 Å². The van der Waals surface area contributed by atoms with Gasteiger partial charge in [-0.15, -0.1) is 22.9 Å². The highest BCUT2D eigenvalue weighted by Gasteiger charge is 2.23. The molecule has 0 radical (unpaired) electrons. The van der Waals surface area contributed by atoms with Crippen molar-refractivity contribution in [3.8, 4) is 5.75 Å². The second-order valence-electron chi connectivity index (χ2n) is 4.72. The Morgan fingerprint density at radius 3 is 2.30 bits per heavy atom. The maximum absolute atomic E-state index is 6.74. The van der Waals surface area contributed by atoms with E-state index in [1.807, 2.05) is 6.92 Å². The summed E-state index contributed by atoms with van der Waals surface area (Å²) < 4.78 is 7.76. The van der Waals surface area contributed by atoms with Crippen LogP contribution in [0.3, 0.4) is 0 Å². The van der Waals surface area contributed by atoms with E-state index in [1.54, 1.807) is 18.4 Å². The minimum absolute atomic E-state index is 0.212. The summed E-state index contributed by atoms with van der Waals surface area (Å²) in [5, 5.41) is -0.212. The highest BCUT2D eigenvalue weighted by Crippen LogP contribution is 2.45. The molecule has 0 bridgehead atoms. The molecule has 2 aromatic rings. The first-order valence-electron chi connectivity index (χ1n) is 6.10. The minimum Gasteiger partial charge on any atom is -0.496 e. The second kappa shape index (κ2) is 6.39. The Hall–Kier alpha value is -0.0300. The molecular weight excluding hydrogens is 423 g/mol. The summed E-state index contributed by atoms with van der Waals surface area (Å²) in [5.74, 6) is 0.868. The highest BCUT2D eigenvalue weighted by molar-refractivity contribution is 9.11. The van der Waals surface area contributed by atoms with E-state index in [4.69, 9.17) is 16.3 Å². The third-order valence-electron chi connectivity index (χ3n) is 3.29. The van der Waals surface area contributed by atoms with Crippen LogP contribution in [0.15, 0.2) is 20.4 Å². The summed E-state index contributed by atoms with van der Waals surface area (Å²) >= 11 is 15.6. The molecule has 0 fully saturated rings. The number of hydrogen-bond donors (Lipinski definition) is 0. The number of ether oxygens (including phenoxy) is 1. The lowest BCUT2D eigenvalue weighted by Gasteiger charge is -2.19. The Kier molecular flexibility index (Phi) is 5.22. The van der Waals surface area contributed by atoms with Crippen LogP contribution in [0.25, 0.3) is 0 Å². The molecule has 0 aliphatic heterocycles. The van der Waals surface area contributed by atoms with Crippen LogP contribution in [0, 0.1) is 20.8 Å². The molecule has 1 atom stereocenters. The van der Waals surface area contributed by atoms with Gasteiger partial charge < -0.3 is 4.74 Å². The maximum Gasteiger partial charge on any atom is 0.127 e. The van der Waals surface area contributed by atoms with Crippen molar-refractivity contribution in [3.05, 3.63) is 47.5 Å². The number of rotatable bonds is 3. The molecule has 1 aromatic heterocycles. The lowest BCUT2D eigenvalue weighted by molar-refractivity contribution is 0.406. The molecule has 1 heterocycles. The summed E-state index contributed by atoms with van der Waals surface area (Å²) in [6, 6.07) is 4.19. The average Bonchev–Trinajstić information content (AvgIpc) is 2.73. The monoisotopic (exact) mass is 436 g/mol. The SMILES string of the molecule is COc1c(C)cc(Br)c(C)c1C(Cl)c1cc(C)c(Br)s1. The molecule has 20 heavy (non-hydrogen) atoms. The Morgan fingerprint density at radius 1 is 1.15 bits per heavy atom. The Labute approximate surface area is 145 Å². The zero-order valence-electron chi connectivity index (χ0n) is 11.7. The molecule has 2 rings (SSSR count). The highest BCUT2D eigenvalue weighted by atomic mass is 79.9. The molecule has 1 unspecified atom stereocenters. The van der Waals surface area contributed by atoms with Gasteiger partial charge >= 0.3 is 0 Å². The predicted octanol–water partition coefficient (Wildman–Crippen LogP) is 6.54. The van der Waals surface area contributed by atoms with E-state index in [0.717, 1.165) is 35.6 Å². The van der Waals surface area contributed by atoms with Crippen LogP contribution in [0.5, 0.6) is 5.75 Å². The largest absolute Gasteiger partial charge is 0.496 e. The lowest BCUT2D eigenvalue weighted by atomic mass is 9.99. The van der Waals surface area contributed by atoms with Crippen molar-refractivity contribution in [1.29, 1.82) is 0 Å². The van der Waals surface area contributed by atoms with Gasteiger partial charge in [0.05, 0.1) is 16.3 Å². The zero-order chi connectivity index (χ0) is 15.0. The van der Waals surface area contributed by atoms with E-state index in [2.05, 4.69) is 57.8 Å². The summed E-state index contributed by atoms with van der Waals surface area (Å²) in [5.41, 5.74) is 4.45. The van der Waals surface area contributed by atoms with Crippen molar-refractivity contribution in [2.45, 2.75) is 26.1 Å². The molecule has 0 saturated carbocycles. The molecular formula is C15H15Br2ClOS. The standard InChI is InChI=1S/C15H15Br2ClOS/c1-7-5-10(16)9(3)12(14(7)19-4)13(18)11-6-8(2)15(17)20-11/h5-6,13H,1-4H3. The Bertz CT molecular complexity index is 632. The Balaban J connectivity index is 2.61. The Morgan fingerprint density at radius 2 is 1.80 bits per heavy atom. The average molecular weight is 439 g/mol. The van der Waals surface area contributed by atoms with E-state index in [0.29, 0.717) is 0 Å². The number of hydrogen-bond acceptors (Lipinski definition) is 2. The lowest BCUT2D eigenvalue weighted by Crippen LogP contribution is -2.02. The molecule has 0 aliphatic rings. The fourth-order valence-electron chi connectivity index (χ4n) is 2.20. The van der Waals surface area contributed by atoms with Crippen molar-refractivity contribution in [2.24, 2.45) is 0 Å². The predicted molar refractivity (Wildman–Crippen MR) is 94.6 cm³/mol. The van der Waals surface area contributed by atoms with Crippen LogP contribution >= 0.6 is 54.8 Å². The van der Waals surface area contributed by atoms with Crippen molar-refractivity contribution < 1.29 is 4.74 Å². The van der Waals surface area contributed by atoms with E-state index in [9.17, 15) is 0 Å². The fourth-order valence-corrected chi connectivity index (χ4v) is 4.78. The quantitative estimate of drug-likeness (QED) is 0.495. The molecule has 1 nitrogen and oxygen atoms in total. The maximum atomic E-state index is 6.74. The van der Waals surface area contributed by atoms with Gasteiger partial charge in [-0.05, 0) is 65.5 Å². The van der Waals surface area contributed by atoms with Gasteiger partial charge in [0.15, 0.2) is 0 Å². The smallest absolute Gasteiger partial charge is 0.127 e. The van der Waals surface area contributed by atoms with Crippen LogP contribution in [0.1, 0.15) is 32.5 Å². The first kappa shape index (κ1) is 16.3. The van der Waals surface area contributed by atoms with Crippen molar-refractivity contribution in [3.63, 3.8) is 0 Å². The van der Waals surface area contributed by atoms with Crippen LogP contribution < -0.4 is 4.74 Å². The zero-order valence-corrected chi connectivity index (χ0v) is 16.4. The van der Waals surface area contributed by atoms with Gasteiger partial charge in [0.25, 0.3) is 0 Å². The van der Waals surface area contributed by atoms with Crippen molar-refractivity contribution in [2.75, 3.05) is 7.11 Å². The van der Waals surface area contributed by atoms with Gasteiger partial charge in [0, 0.05) is 14.9 Å². The second-order valence-corrected chi connectivity index (χ2v) is 8.41. The first-order valence-corrected chi connectivity index (χ1v) is 8.94. The summed E-state index contributed by atoms with van der Waals surface area (Å²) in [4.78, 5) is 1.12. The summed E-state index contributed by atoms with van der Waals surface area (Å²) in [6.07, 6.45) is 0. The number of aryl methyl sites for hydroxylation is 2. The van der Waals surface area contributed by atoms with E-state index >= 15 is 0 Å². The van der Waals surface area contributed by atoms with Gasteiger partial charge in [0.1, 0.15) is 5.75 Å². The van der Waals surface area contributed by atoms with Crippen LogP contribution in [-0.4, -0.2) is 7.11 Å². The van der Waals surface area contributed by atoms with Gasteiger partial charge in [-0.25, -0.2) is 0 Å². The van der Waals surface area contributed by atoms with Crippen molar-refractivity contribution in [1.82, 2.24) is 0 Å². The molecule has 5 heteroatoms. The van der Waals surface area contributed by atoms with Gasteiger partial charge in [-0.2, -0.15) is 0 Å². The molecule has 0 spiro atoms. The first-order chi connectivity index (χ1) is 9.36. The fraction of sp³-hybridized carbons (Fsp3) is 0.333. The third kappa shape index (κ3) is 2.94. The van der Waals surface area contributed by atoms with Crippen LogP contribution in [-0.2, 0) is 0 Å². The number of halogens is 3. The topological polar surface area (TPSA) is 9.23 Å². The summed E-state index contributed by atoms with van der Waals surface area (Å²) in [6.45, 7) is 6.17. The molecule has 0 N–H and O–H groups in total. The van der Waals surface area contributed by atoms with Gasteiger partial charge in [-0.3, -0.25) is 0 Å². The van der Waals surface area contributed by atoms with Crippen LogP contribution in [0.4, 0.5) is 0 Å². The molecule has 0 amide bonds. The molecule has 0 aliphatic carbocycles. The molecule has 108 valence electrons. The van der Waals surface area contributed by atoms with Crippen molar-refractivity contribution >= 4 is 54.8 Å². The van der Waals surface area contributed by atoms with E-state index in [1.165, 1.54) is 5.56 Å². The minimum atomic E-state index is -0.212. The van der Waals surface area contributed by atoms with Crippen LogP contribution in [0.2, 0.25) is 0 Å². The number of thiophene rings is 1. The summed E-state index contributed by atoms with van der Waals surface area (Å²) in [7, 11) is 1.69. The van der Waals surface area contributed by atoms with Gasteiger partial charge in [0.2, 0.25) is 0 Å². The number of alkyl halides is 1. The molecule has 1 aromatic carbocycles. The van der Waals surface area contributed by atoms with E-state index in [-0.39, 0.29) is 5.38 Å². The number of methoxy groups -OCH3 is 1. The third-order valence-corrected chi connectivity index (χ3v) is 6.90. The van der Waals surface area contributed by atoms with E-state index < -0.39 is 0 Å².